The van der Waals surface area contributed by atoms with Gasteiger partial charge in [-0.2, -0.15) is 0 Å². The van der Waals surface area contributed by atoms with E-state index in [2.05, 4.69) is 15.2 Å². The molecule has 0 aliphatic heterocycles. The van der Waals surface area contributed by atoms with Crippen LogP contribution in [0.4, 0.5) is 11.5 Å². The van der Waals surface area contributed by atoms with E-state index in [9.17, 15) is 4.79 Å². The van der Waals surface area contributed by atoms with Gasteiger partial charge in [0.05, 0.1) is 0 Å². The maximum atomic E-state index is 12.4. The van der Waals surface area contributed by atoms with E-state index in [0.717, 1.165) is 16.3 Å². The van der Waals surface area contributed by atoms with Crippen LogP contribution < -0.4 is 4.74 Å². The minimum atomic E-state index is -0.488. The van der Waals surface area contributed by atoms with Crippen molar-refractivity contribution in [1.29, 1.82) is 0 Å². The third-order valence-electron chi connectivity index (χ3n) is 4.19. The van der Waals surface area contributed by atoms with Crippen LogP contribution in [0.2, 0.25) is 0 Å². The zero-order valence-electron chi connectivity index (χ0n) is 15.5. The summed E-state index contributed by atoms with van der Waals surface area (Å²) in [4.78, 5) is 16.5. The van der Waals surface area contributed by atoms with Crippen molar-refractivity contribution in [1.82, 2.24) is 4.98 Å². The Morgan fingerprint density at radius 1 is 0.828 bits per heavy atom. The molecule has 4 rings (SSSR count). The summed E-state index contributed by atoms with van der Waals surface area (Å²) < 4.78 is 5.56. The molecular formula is C24H17N3O2. The van der Waals surface area contributed by atoms with Crippen LogP contribution in [0.1, 0.15) is 5.56 Å². The number of nitrogens with zero attached hydrogens (tertiary/aromatic N) is 3. The number of pyridine rings is 1. The molecule has 1 heterocycles. The third kappa shape index (κ3) is 4.59. The van der Waals surface area contributed by atoms with Crippen LogP contribution in [-0.2, 0) is 4.79 Å². The molecule has 0 saturated heterocycles. The maximum Gasteiger partial charge on any atom is 0.336 e. The summed E-state index contributed by atoms with van der Waals surface area (Å²) >= 11 is 0. The quantitative estimate of drug-likeness (QED) is 0.178. The van der Waals surface area contributed by atoms with Crippen LogP contribution in [0.15, 0.2) is 107 Å². The number of fused-ring (bicyclic) bond motifs is 1. The van der Waals surface area contributed by atoms with Crippen LogP contribution in [-0.4, -0.2) is 11.0 Å². The van der Waals surface area contributed by atoms with E-state index in [0.29, 0.717) is 17.3 Å². The second-order valence-electron chi connectivity index (χ2n) is 6.19. The predicted octanol–water partition coefficient (Wildman–Crippen LogP) is 6.27. The summed E-state index contributed by atoms with van der Waals surface area (Å²) in [5.74, 6) is 0.325. The second-order valence-corrected chi connectivity index (χ2v) is 6.19. The topological polar surface area (TPSA) is 63.9 Å². The van der Waals surface area contributed by atoms with Crippen molar-refractivity contribution < 1.29 is 9.53 Å². The van der Waals surface area contributed by atoms with Gasteiger partial charge in [-0.25, -0.2) is 9.78 Å². The standard InChI is InChI=1S/C24H17N3O2/c28-23(16-13-18-8-2-1-3-9-18)29-21-15-14-19-10-4-5-11-20(19)24(21)27-26-22-12-6-7-17-25-22/h1-17H/b16-13+,27-26?. The number of rotatable bonds is 5. The van der Waals surface area contributed by atoms with Gasteiger partial charge in [-0.1, -0.05) is 66.7 Å². The van der Waals surface area contributed by atoms with Gasteiger partial charge in [-0.05, 0) is 35.2 Å². The molecule has 0 bridgehead atoms. The van der Waals surface area contributed by atoms with E-state index < -0.39 is 5.97 Å². The van der Waals surface area contributed by atoms with Crippen molar-refractivity contribution in [2.24, 2.45) is 10.2 Å². The molecule has 0 N–H and O–H groups in total. The zero-order valence-corrected chi connectivity index (χ0v) is 15.5. The predicted molar refractivity (Wildman–Crippen MR) is 113 cm³/mol. The highest BCUT2D eigenvalue weighted by molar-refractivity contribution is 5.97. The molecule has 0 amide bonds. The first-order valence-corrected chi connectivity index (χ1v) is 9.09. The number of esters is 1. The van der Waals surface area contributed by atoms with Gasteiger partial charge >= 0.3 is 5.97 Å². The van der Waals surface area contributed by atoms with Gasteiger partial charge in [-0.3, -0.25) is 0 Å². The van der Waals surface area contributed by atoms with Gasteiger partial charge in [0.15, 0.2) is 11.6 Å². The molecule has 5 nitrogen and oxygen atoms in total. The molecule has 4 aromatic rings. The Balaban J connectivity index is 1.65. The van der Waals surface area contributed by atoms with E-state index in [4.69, 9.17) is 4.74 Å². The molecule has 3 aromatic carbocycles. The molecule has 0 aliphatic rings. The Kier molecular flexibility index (Phi) is 5.48. The lowest BCUT2D eigenvalue weighted by Gasteiger charge is -2.08. The normalized spacial score (nSPS) is 11.3. The van der Waals surface area contributed by atoms with Crippen LogP contribution >= 0.6 is 0 Å². The Bertz CT molecular complexity index is 1190. The molecular weight excluding hydrogens is 362 g/mol. The van der Waals surface area contributed by atoms with Crippen molar-refractivity contribution in [3.63, 3.8) is 0 Å². The Labute approximate surface area is 168 Å². The molecule has 0 spiro atoms. The largest absolute Gasteiger partial charge is 0.421 e. The van der Waals surface area contributed by atoms with E-state index in [1.54, 1.807) is 24.4 Å². The summed E-state index contributed by atoms with van der Waals surface area (Å²) in [6.07, 6.45) is 4.75. The molecule has 1 aromatic heterocycles. The molecule has 0 radical (unpaired) electrons. The average molecular weight is 379 g/mol. The number of hydrogen-bond acceptors (Lipinski definition) is 5. The number of hydrogen-bond donors (Lipinski definition) is 0. The summed E-state index contributed by atoms with van der Waals surface area (Å²) in [7, 11) is 0. The Morgan fingerprint density at radius 2 is 1.62 bits per heavy atom. The number of azo groups is 1. The monoisotopic (exact) mass is 379 g/mol. The van der Waals surface area contributed by atoms with Gasteiger partial charge in [-0.15, -0.1) is 10.2 Å². The van der Waals surface area contributed by atoms with Crippen molar-refractivity contribution in [3.8, 4) is 5.75 Å². The van der Waals surface area contributed by atoms with Crippen molar-refractivity contribution >= 4 is 34.3 Å². The summed E-state index contributed by atoms with van der Waals surface area (Å²) in [5.41, 5.74) is 1.40. The lowest BCUT2D eigenvalue weighted by atomic mass is 10.1. The number of ether oxygens (including phenoxy) is 1. The fraction of sp³-hybridized carbons (Fsp3) is 0. The molecule has 0 aliphatic carbocycles. The van der Waals surface area contributed by atoms with Gasteiger partial charge in [0.25, 0.3) is 0 Å². The van der Waals surface area contributed by atoms with Crippen LogP contribution in [0.3, 0.4) is 0 Å². The van der Waals surface area contributed by atoms with E-state index in [1.807, 2.05) is 72.8 Å². The molecule has 0 atom stereocenters. The summed E-state index contributed by atoms with van der Waals surface area (Å²) in [6.45, 7) is 0. The van der Waals surface area contributed by atoms with Crippen LogP contribution in [0, 0.1) is 0 Å². The molecule has 0 saturated carbocycles. The van der Waals surface area contributed by atoms with Gasteiger partial charge in [0, 0.05) is 17.7 Å². The van der Waals surface area contributed by atoms with E-state index in [1.165, 1.54) is 6.08 Å². The fourth-order valence-electron chi connectivity index (χ4n) is 2.81. The minimum Gasteiger partial charge on any atom is -0.421 e. The lowest BCUT2D eigenvalue weighted by Crippen LogP contribution is -2.03. The molecule has 5 heteroatoms. The van der Waals surface area contributed by atoms with Crippen LogP contribution in [0.25, 0.3) is 16.8 Å². The smallest absolute Gasteiger partial charge is 0.336 e. The van der Waals surface area contributed by atoms with Crippen molar-refractivity contribution in [3.05, 3.63) is 103 Å². The molecule has 0 unspecified atom stereocenters. The van der Waals surface area contributed by atoms with Gasteiger partial charge in [0.2, 0.25) is 0 Å². The highest BCUT2D eigenvalue weighted by atomic mass is 16.5. The van der Waals surface area contributed by atoms with Gasteiger partial charge in [0.1, 0.15) is 5.69 Å². The third-order valence-corrected chi connectivity index (χ3v) is 4.19. The minimum absolute atomic E-state index is 0.339. The maximum absolute atomic E-state index is 12.4. The van der Waals surface area contributed by atoms with Crippen molar-refractivity contribution in [2.45, 2.75) is 0 Å². The number of carbonyl (C=O) groups excluding carboxylic acids is 1. The van der Waals surface area contributed by atoms with Crippen molar-refractivity contribution in [2.75, 3.05) is 0 Å². The first kappa shape index (κ1) is 18.3. The van der Waals surface area contributed by atoms with E-state index >= 15 is 0 Å². The Hall–Kier alpha value is -4.12. The van der Waals surface area contributed by atoms with Crippen LogP contribution in [0.5, 0.6) is 5.75 Å². The summed E-state index contributed by atoms with van der Waals surface area (Å²) in [6, 6.07) is 26.3. The number of aromatic nitrogens is 1. The average Bonchev–Trinajstić information content (AvgIpc) is 2.78. The van der Waals surface area contributed by atoms with E-state index in [-0.39, 0.29) is 0 Å². The first-order valence-electron chi connectivity index (χ1n) is 9.09. The number of carbonyl (C=O) groups is 1. The molecule has 29 heavy (non-hydrogen) atoms. The Morgan fingerprint density at radius 3 is 2.45 bits per heavy atom. The fourth-order valence-corrected chi connectivity index (χ4v) is 2.81. The highest BCUT2D eigenvalue weighted by Gasteiger charge is 2.11. The van der Waals surface area contributed by atoms with Gasteiger partial charge < -0.3 is 4.74 Å². The second kappa shape index (κ2) is 8.71. The zero-order chi connectivity index (χ0) is 19.9. The number of benzene rings is 3. The SMILES string of the molecule is O=C(/C=C/c1ccccc1)Oc1ccc2ccccc2c1N=Nc1ccccn1. The first-order chi connectivity index (χ1) is 14.3. The molecule has 140 valence electrons. The summed E-state index contributed by atoms with van der Waals surface area (Å²) in [5, 5.41) is 10.3. The molecule has 0 fully saturated rings. The highest BCUT2D eigenvalue weighted by Crippen LogP contribution is 2.37. The lowest BCUT2D eigenvalue weighted by molar-refractivity contribution is -0.128.